The second-order valence-electron chi connectivity index (χ2n) is 8.82. The number of rotatable bonds is 3. The van der Waals surface area contributed by atoms with Crippen LogP contribution in [0.1, 0.15) is 34.6 Å². The molecule has 1 saturated heterocycles. The van der Waals surface area contributed by atoms with Crippen molar-refractivity contribution in [3.05, 3.63) is 64.7 Å². The second-order valence-corrected chi connectivity index (χ2v) is 8.82. The molecule has 36 heavy (non-hydrogen) atoms. The highest BCUT2D eigenvalue weighted by Gasteiger charge is 2.40. The van der Waals surface area contributed by atoms with Crippen LogP contribution in [0.3, 0.4) is 0 Å². The molecule has 6 nitrogen and oxygen atoms in total. The zero-order valence-electron chi connectivity index (χ0n) is 19.7. The lowest BCUT2D eigenvalue weighted by Crippen LogP contribution is -2.54. The summed E-state index contributed by atoms with van der Waals surface area (Å²) in [5.74, 6) is -0.454. The number of hydrogen-bond donors (Lipinski definition) is 1. The van der Waals surface area contributed by atoms with Gasteiger partial charge in [-0.15, -0.1) is 0 Å². The summed E-state index contributed by atoms with van der Waals surface area (Å²) in [5.41, 5.74) is -1.89. The monoisotopic (exact) mass is 517 g/mol. The number of carbonyl (C=O) groups is 2. The molecule has 1 fully saturated rings. The average molecular weight is 517 g/mol. The molecule has 1 heterocycles. The Labute approximate surface area is 203 Å². The van der Waals surface area contributed by atoms with E-state index in [-0.39, 0.29) is 25.6 Å². The molecule has 1 N–H and O–H groups in total. The van der Waals surface area contributed by atoms with Crippen molar-refractivity contribution in [2.45, 2.75) is 37.7 Å². The van der Waals surface area contributed by atoms with Crippen LogP contribution in [0.25, 0.3) is 0 Å². The average Bonchev–Trinajstić information content (AvgIpc) is 2.81. The Morgan fingerprint density at radius 2 is 1.47 bits per heavy atom. The van der Waals surface area contributed by atoms with Crippen LogP contribution in [0.4, 0.5) is 41.6 Å². The number of urea groups is 1. The van der Waals surface area contributed by atoms with Crippen LogP contribution in [0.5, 0.6) is 0 Å². The minimum atomic E-state index is -5.05. The first-order valence-corrected chi connectivity index (χ1v) is 10.9. The molecule has 1 unspecified atom stereocenters. The fourth-order valence-electron chi connectivity index (χ4n) is 4.34. The van der Waals surface area contributed by atoms with Crippen molar-refractivity contribution in [3.63, 3.8) is 0 Å². The SMILES string of the molecule is Cc1ccc(C2CN(C(=O)O)CC[C@H]2N(C)C(=O)N(C)c2cc(C(F)(F)F)cc(C(F)(F)F)c2)cc1. The molecule has 1 aliphatic heterocycles. The van der Waals surface area contributed by atoms with Gasteiger partial charge < -0.3 is 14.9 Å². The predicted octanol–water partition coefficient (Wildman–Crippen LogP) is 6.06. The number of likely N-dealkylation sites (N-methyl/N-ethyl adjacent to an activating group) is 1. The maximum Gasteiger partial charge on any atom is 0.416 e. The molecule has 0 bridgehead atoms. The number of anilines is 1. The number of alkyl halides is 6. The molecule has 1 aliphatic rings. The van der Waals surface area contributed by atoms with Crippen LogP contribution >= 0.6 is 0 Å². The van der Waals surface area contributed by atoms with Crippen molar-refractivity contribution < 1.29 is 41.0 Å². The number of likely N-dealkylation sites (tertiary alicyclic amines) is 1. The molecule has 3 rings (SSSR count). The highest BCUT2D eigenvalue weighted by atomic mass is 19.4. The van der Waals surface area contributed by atoms with Gasteiger partial charge in [0.25, 0.3) is 0 Å². The van der Waals surface area contributed by atoms with Crippen molar-refractivity contribution in [1.29, 1.82) is 0 Å². The maximum absolute atomic E-state index is 13.3. The molecule has 0 aliphatic carbocycles. The summed E-state index contributed by atoms with van der Waals surface area (Å²) < 4.78 is 79.7. The molecule has 12 heteroatoms. The van der Waals surface area contributed by atoms with Crippen LogP contribution < -0.4 is 4.90 Å². The first-order chi connectivity index (χ1) is 16.6. The lowest BCUT2D eigenvalue weighted by molar-refractivity contribution is -0.143. The van der Waals surface area contributed by atoms with Gasteiger partial charge in [-0.1, -0.05) is 29.8 Å². The summed E-state index contributed by atoms with van der Waals surface area (Å²) in [6.07, 6.45) is -11.0. The highest BCUT2D eigenvalue weighted by molar-refractivity contribution is 5.92. The molecule has 0 spiro atoms. The first-order valence-electron chi connectivity index (χ1n) is 10.9. The summed E-state index contributed by atoms with van der Waals surface area (Å²) >= 11 is 0. The third kappa shape index (κ3) is 5.85. The van der Waals surface area contributed by atoms with Crippen molar-refractivity contribution in [2.75, 3.05) is 32.1 Å². The number of carbonyl (C=O) groups excluding carboxylic acids is 1. The van der Waals surface area contributed by atoms with E-state index in [1.165, 1.54) is 16.8 Å². The second kappa shape index (κ2) is 9.90. The van der Waals surface area contributed by atoms with E-state index >= 15 is 0 Å². The predicted molar refractivity (Wildman–Crippen MR) is 120 cm³/mol. The Morgan fingerprint density at radius 1 is 0.944 bits per heavy atom. The molecule has 0 radical (unpaired) electrons. The topological polar surface area (TPSA) is 64.1 Å². The van der Waals surface area contributed by atoms with E-state index in [9.17, 15) is 41.0 Å². The Kier molecular flexibility index (Phi) is 7.47. The van der Waals surface area contributed by atoms with Crippen LogP contribution in [-0.4, -0.2) is 60.3 Å². The minimum Gasteiger partial charge on any atom is -0.465 e. The summed E-state index contributed by atoms with van der Waals surface area (Å²) in [5, 5.41) is 9.45. The van der Waals surface area contributed by atoms with E-state index in [0.29, 0.717) is 12.1 Å². The smallest absolute Gasteiger partial charge is 0.416 e. The van der Waals surface area contributed by atoms with Gasteiger partial charge in [-0.3, -0.25) is 4.90 Å². The summed E-state index contributed by atoms with van der Waals surface area (Å²) in [7, 11) is 2.50. The van der Waals surface area contributed by atoms with Gasteiger partial charge in [0.1, 0.15) is 0 Å². The van der Waals surface area contributed by atoms with Gasteiger partial charge in [0, 0.05) is 44.8 Å². The Bertz CT molecular complexity index is 1090. The number of benzene rings is 2. The zero-order chi connectivity index (χ0) is 27.0. The zero-order valence-corrected chi connectivity index (χ0v) is 19.7. The van der Waals surface area contributed by atoms with Gasteiger partial charge in [-0.05, 0) is 37.1 Å². The lowest BCUT2D eigenvalue weighted by Gasteiger charge is -2.43. The molecule has 2 aromatic carbocycles. The van der Waals surface area contributed by atoms with E-state index < -0.39 is 53.3 Å². The van der Waals surface area contributed by atoms with E-state index in [1.54, 1.807) is 0 Å². The van der Waals surface area contributed by atoms with E-state index in [0.717, 1.165) is 23.1 Å². The van der Waals surface area contributed by atoms with Gasteiger partial charge in [0.05, 0.1) is 11.1 Å². The van der Waals surface area contributed by atoms with Crippen LogP contribution in [0.2, 0.25) is 0 Å². The third-order valence-corrected chi connectivity index (χ3v) is 6.40. The molecular weight excluding hydrogens is 492 g/mol. The van der Waals surface area contributed by atoms with Crippen LogP contribution in [0, 0.1) is 6.92 Å². The quantitative estimate of drug-likeness (QED) is 0.504. The maximum atomic E-state index is 13.3. The van der Waals surface area contributed by atoms with Crippen molar-refractivity contribution in [2.24, 2.45) is 0 Å². The van der Waals surface area contributed by atoms with Gasteiger partial charge in [0.2, 0.25) is 0 Å². The number of amides is 3. The fourth-order valence-corrected chi connectivity index (χ4v) is 4.34. The molecule has 2 aromatic rings. The molecule has 0 aromatic heterocycles. The largest absolute Gasteiger partial charge is 0.465 e. The Balaban J connectivity index is 1.95. The third-order valence-electron chi connectivity index (χ3n) is 6.40. The van der Waals surface area contributed by atoms with Crippen LogP contribution in [-0.2, 0) is 12.4 Å². The minimum absolute atomic E-state index is 0.000571. The summed E-state index contributed by atoms with van der Waals surface area (Å²) in [4.78, 5) is 28.0. The van der Waals surface area contributed by atoms with E-state index in [2.05, 4.69) is 0 Å². The molecule has 0 saturated carbocycles. The van der Waals surface area contributed by atoms with Gasteiger partial charge >= 0.3 is 24.5 Å². The Morgan fingerprint density at radius 3 is 1.94 bits per heavy atom. The van der Waals surface area contributed by atoms with E-state index in [1.807, 2.05) is 31.2 Å². The number of hydrogen-bond acceptors (Lipinski definition) is 2. The van der Waals surface area contributed by atoms with E-state index in [4.69, 9.17) is 0 Å². The molecule has 3 amide bonds. The molecular formula is C24H25F6N3O3. The summed E-state index contributed by atoms with van der Waals surface area (Å²) in [6, 6.07) is 6.89. The number of carboxylic acid groups (broad SMARTS) is 1. The standard InChI is InChI=1S/C24H25F6N3O3/c1-14-4-6-15(7-5-14)19-13-33(22(35)36)9-8-20(19)32(3)21(34)31(2)18-11-16(23(25,26)27)10-17(12-18)24(28,29)30/h4-7,10-12,19-20H,8-9,13H2,1-3H3,(H,35,36)/t19?,20-/m1/s1. The van der Waals surface area contributed by atoms with Gasteiger partial charge in [0.15, 0.2) is 0 Å². The van der Waals surface area contributed by atoms with Crippen molar-refractivity contribution in [3.8, 4) is 0 Å². The van der Waals surface area contributed by atoms with Crippen molar-refractivity contribution in [1.82, 2.24) is 9.80 Å². The molecule has 196 valence electrons. The number of aryl methyl sites for hydroxylation is 1. The van der Waals surface area contributed by atoms with Gasteiger partial charge in [-0.25, -0.2) is 9.59 Å². The fraction of sp³-hybridized carbons (Fsp3) is 0.417. The Hall–Kier alpha value is -3.44. The number of piperidine rings is 1. The first kappa shape index (κ1) is 27.2. The van der Waals surface area contributed by atoms with Crippen molar-refractivity contribution >= 4 is 17.8 Å². The highest BCUT2D eigenvalue weighted by Crippen LogP contribution is 2.39. The number of nitrogens with zero attached hydrogens (tertiary/aromatic N) is 3. The summed E-state index contributed by atoms with van der Waals surface area (Å²) in [6.45, 7) is 2.07. The van der Waals surface area contributed by atoms with Gasteiger partial charge in [-0.2, -0.15) is 26.3 Å². The molecule has 2 atom stereocenters. The van der Waals surface area contributed by atoms with Crippen LogP contribution in [0.15, 0.2) is 42.5 Å². The normalized spacial score (nSPS) is 18.6. The lowest BCUT2D eigenvalue weighted by atomic mass is 9.85. The number of halogens is 6.